The van der Waals surface area contributed by atoms with Gasteiger partial charge in [0.05, 0.1) is 0 Å². The SMILES string of the molecule is Fc1ccc2c(c1)CCNC2CC(c1ccccc1)c1ccccc1. The Labute approximate surface area is 148 Å². The van der Waals surface area contributed by atoms with Crippen LogP contribution < -0.4 is 5.32 Å². The molecule has 1 heterocycles. The van der Waals surface area contributed by atoms with Crippen LogP contribution in [0.1, 0.15) is 40.6 Å². The number of benzene rings is 3. The minimum Gasteiger partial charge on any atom is -0.310 e. The van der Waals surface area contributed by atoms with Crippen molar-refractivity contribution in [3.63, 3.8) is 0 Å². The molecule has 0 fully saturated rings. The molecular formula is C23H22FN. The summed E-state index contributed by atoms with van der Waals surface area (Å²) in [5, 5.41) is 3.64. The van der Waals surface area contributed by atoms with Crippen LogP contribution in [0.3, 0.4) is 0 Å². The molecule has 1 nitrogen and oxygen atoms in total. The first-order valence-corrected chi connectivity index (χ1v) is 8.93. The Balaban J connectivity index is 1.69. The van der Waals surface area contributed by atoms with Crippen molar-refractivity contribution in [2.24, 2.45) is 0 Å². The highest BCUT2D eigenvalue weighted by Gasteiger charge is 2.25. The molecule has 3 aromatic rings. The van der Waals surface area contributed by atoms with Crippen LogP contribution in [0.2, 0.25) is 0 Å². The van der Waals surface area contributed by atoms with Gasteiger partial charge >= 0.3 is 0 Å². The van der Waals surface area contributed by atoms with E-state index in [2.05, 4.69) is 66.0 Å². The van der Waals surface area contributed by atoms with Crippen LogP contribution in [-0.2, 0) is 6.42 Å². The van der Waals surface area contributed by atoms with E-state index in [-0.39, 0.29) is 11.9 Å². The molecule has 0 saturated carbocycles. The number of rotatable bonds is 4. The van der Waals surface area contributed by atoms with Crippen molar-refractivity contribution in [3.05, 3.63) is 107 Å². The van der Waals surface area contributed by atoms with Gasteiger partial charge in [0, 0.05) is 12.0 Å². The molecule has 4 rings (SSSR count). The summed E-state index contributed by atoms with van der Waals surface area (Å²) in [4.78, 5) is 0. The second-order valence-corrected chi connectivity index (χ2v) is 6.71. The topological polar surface area (TPSA) is 12.0 Å². The summed E-state index contributed by atoms with van der Waals surface area (Å²) < 4.78 is 13.6. The highest BCUT2D eigenvalue weighted by molar-refractivity contribution is 5.37. The van der Waals surface area contributed by atoms with E-state index >= 15 is 0 Å². The summed E-state index contributed by atoms with van der Waals surface area (Å²) in [6.07, 6.45) is 1.86. The van der Waals surface area contributed by atoms with Crippen molar-refractivity contribution < 1.29 is 4.39 Å². The van der Waals surface area contributed by atoms with Crippen molar-refractivity contribution in [3.8, 4) is 0 Å². The minimum atomic E-state index is -0.137. The van der Waals surface area contributed by atoms with E-state index < -0.39 is 0 Å². The number of halogens is 1. The molecular weight excluding hydrogens is 309 g/mol. The molecule has 1 atom stereocenters. The van der Waals surface area contributed by atoms with Crippen molar-refractivity contribution in [2.45, 2.75) is 24.8 Å². The number of nitrogens with one attached hydrogen (secondary N) is 1. The monoisotopic (exact) mass is 331 g/mol. The van der Waals surface area contributed by atoms with E-state index in [4.69, 9.17) is 0 Å². The second-order valence-electron chi connectivity index (χ2n) is 6.71. The van der Waals surface area contributed by atoms with Gasteiger partial charge < -0.3 is 5.32 Å². The van der Waals surface area contributed by atoms with Crippen molar-refractivity contribution in [2.75, 3.05) is 6.54 Å². The average Bonchev–Trinajstić information content (AvgIpc) is 2.67. The first-order valence-electron chi connectivity index (χ1n) is 8.93. The maximum absolute atomic E-state index is 13.6. The van der Waals surface area contributed by atoms with Crippen LogP contribution in [-0.4, -0.2) is 6.54 Å². The van der Waals surface area contributed by atoms with Gasteiger partial charge in [0.2, 0.25) is 0 Å². The lowest BCUT2D eigenvalue weighted by atomic mass is 9.82. The van der Waals surface area contributed by atoms with Gasteiger partial charge in [-0.3, -0.25) is 0 Å². The summed E-state index contributed by atoms with van der Waals surface area (Å²) in [5.74, 6) is 0.179. The molecule has 0 aromatic heterocycles. The molecule has 1 aliphatic rings. The van der Waals surface area contributed by atoms with Gasteiger partial charge in [0.15, 0.2) is 0 Å². The average molecular weight is 331 g/mol. The fraction of sp³-hybridized carbons (Fsp3) is 0.217. The largest absolute Gasteiger partial charge is 0.310 e. The fourth-order valence-electron chi connectivity index (χ4n) is 3.90. The Bertz CT molecular complexity index is 790. The van der Waals surface area contributed by atoms with Gasteiger partial charge in [-0.2, -0.15) is 0 Å². The molecule has 25 heavy (non-hydrogen) atoms. The standard InChI is InChI=1S/C23H22FN/c24-20-11-12-21-19(15-20)13-14-25-23(21)16-22(17-7-3-1-4-8-17)18-9-5-2-6-10-18/h1-12,15,22-23,25H,13-14,16H2. The Morgan fingerprint density at radius 2 is 1.52 bits per heavy atom. The number of hydrogen-bond donors (Lipinski definition) is 1. The second kappa shape index (κ2) is 7.20. The molecule has 0 saturated heterocycles. The molecule has 3 aromatic carbocycles. The molecule has 0 spiro atoms. The van der Waals surface area contributed by atoms with Crippen molar-refractivity contribution >= 4 is 0 Å². The Morgan fingerprint density at radius 1 is 0.880 bits per heavy atom. The maximum atomic E-state index is 13.6. The summed E-state index contributed by atoms with van der Waals surface area (Å²) in [7, 11) is 0. The minimum absolute atomic E-state index is 0.137. The highest BCUT2D eigenvalue weighted by Crippen LogP contribution is 2.36. The quantitative estimate of drug-likeness (QED) is 0.690. The normalized spacial score (nSPS) is 16.6. The fourth-order valence-corrected chi connectivity index (χ4v) is 3.90. The molecule has 0 radical (unpaired) electrons. The van der Waals surface area contributed by atoms with Crippen molar-refractivity contribution in [1.29, 1.82) is 0 Å². The van der Waals surface area contributed by atoms with Crippen LogP contribution in [0.4, 0.5) is 4.39 Å². The maximum Gasteiger partial charge on any atom is 0.123 e. The van der Waals surface area contributed by atoms with E-state index in [0.29, 0.717) is 5.92 Å². The van der Waals surface area contributed by atoms with E-state index in [0.717, 1.165) is 24.9 Å². The highest BCUT2D eigenvalue weighted by atomic mass is 19.1. The molecule has 0 aliphatic carbocycles. The van der Waals surface area contributed by atoms with Gasteiger partial charge in [-0.15, -0.1) is 0 Å². The Morgan fingerprint density at radius 3 is 2.16 bits per heavy atom. The zero-order valence-electron chi connectivity index (χ0n) is 14.2. The lowest BCUT2D eigenvalue weighted by Gasteiger charge is -2.30. The third-order valence-corrected chi connectivity index (χ3v) is 5.14. The lowest BCUT2D eigenvalue weighted by molar-refractivity contribution is 0.453. The number of fused-ring (bicyclic) bond motifs is 1. The number of hydrogen-bond acceptors (Lipinski definition) is 1. The third kappa shape index (κ3) is 3.49. The molecule has 1 unspecified atom stereocenters. The summed E-state index contributed by atoms with van der Waals surface area (Å²) in [6.45, 7) is 0.900. The van der Waals surface area contributed by atoms with E-state index in [1.165, 1.54) is 16.7 Å². The summed E-state index contributed by atoms with van der Waals surface area (Å²) >= 11 is 0. The summed E-state index contributed by atoms with van der Waals surface area (Å²) in [6, 6.07) is 26.8. The Hall–Kier alpha value is -2.45. The van der Waals surface area contributed by atoms with Gasteiger partial charge in [0.25, 0.3) is 0 Å². The zero-order chi connectivity index (χ0) is 17.1. The van der Waals surface area contributed by atoms with Gasteiger partial charge in [0.1, 0.15) is 5.82 Å². The van der Waals surface area contributed by atoms with E-state index in [1.807, 2.05) is 6.07 Å². The van der Waals surface area contributed by atoms with Gasteiger partial charge in [-0.25, -0.2) is 4.39 Å². The first kappa shape index (κ1) is 16.0. The van der Waals surface area contributed by atoms with Crippen LogP contribution in [0.25, 0.3) is 0 Å². The van der Waals surface area contributed by atoms with Crippen LogP contribution in [0.5, 0.6) is 0 Å². The smallest absolute Gasteiger partial charge is 0.123 e. The van der Waals surface area contributed by atoms with Crippen LogP contribution in [0, 0.1) is 5.82 Å². The first-order chi connectivity index (χ1) is 12.3. The van der Waals surface area contributed by atoms with Gasteiger partial charge in [-0.1, -0.05) is 66.7 Å². The molecule has 126 valence electrons. The predicted octanol–water partition coefficient (Wildman–Crippen LogP) is 5.23. The molecule has 1 aliphatic heterocycles. The van der Waals surface area contributed by atoms with E-state index in [1.54, 1.807) is 12.1 Å². The lowest BCUT2D eigenvalue weighted by Crippen LogP contribution is -2.31. The van der Waals surface area contributed by atoms with Crippen LogP contribution in [0.15, 0.2) is 78.9 Å². The van der Waals surface area contributed by atoms with Crippen LogP contribution >= 0.6 is 0 Å². The Kier molecular flexibility index (Phi) is 4.62. The van der Waals surface area contributed by atoms with Crippen molar-refractivity contribution in [1.82, 2.24) is 5.32 Å². The molecule has 0 bridgehead atoms. The predicted molar refractivity (Wildman–Crippen MR) is 100 cm³/mol. The zero-order valence-corrected chi connectivity index (χ0v) is 14.2. The van der Waals surface area contributed by atoms with E-state index in [9.17, 15) is 4.39 Å². The molecule has 2 heteroatoms. The molecule has 0 amide bonds. The molecule has 1 N–H and O–H groups in total. The third-order valence-electron chi connectivity index (χ3n) is 5.14. The van der Waals surface area contributed by atoms with Gasteiger partial charge in [-0.05, 0) is 53.8 Å². The summed E-state index contributed by atoms with van der Waals surface area (Å²) in [5.41, 5.74) is 5.03.